The largest absolute Gasteiger partial charge is 0.479 e. The van der Waals surface area contributed by atoms with E-state index < -0.39 is 0 Å². The summed E-state index contributed by atoms with van der Waals surface area (Å²) < 4.78 is 10.3. The molecule has 0 aromatic carbocycles. The first-order chi connectivity index (χ1) is 7.31. The lowest BCUT2D eigenvalue weighted by Gasteiger charge is -2.13. The van der Waals surface area contributed by atoms with Crippen molar-refractivity contribution < 1.29 is 9.47 Å². The lowest BCUT2D eigenvalue weighted by atomic mass is 10.2. The maximum absolute atomic E-state index is 5.82. The smallest absolute Gasteiger partial charge is 0.242 e. The number of methoxy groups -OCH3 is 1. The second-order valence-electron chi connectivity index (χ2n) is 3.35. The van der Waals surface area contributed by atoms with Crippen LogP contribution in [0.4, 0.5) is 11.5 Å². The molecule has 0 saturated carbocycles. The van der Waals surface area contributed by atoms with Gasteiger partial charge >= 0.3 is 0 Å². The average molecular weight is 210 g/mol. The maximum atomic E-state index is 5.82. The molecule has 6 nitrogen and oxygen atoms in total. The zero-order valence-corrected chi connectivity index (χ0v) is 8.56. The monoisotopic (exact) mass is 210 g/mol. The van der Waals surface area contributed by atoms with E-state index in [1.54, 1.807) is 0 Å². The number of rotatable bonds is 3. The fourth-order valence-corrected chi connectivity index (χ4v) is 1.50. The number of hydrogen-bond donors (Lipinski definition) is 2. The summed E-state index contributed by atoms with van der Waals surface area (Å²) in [4.78, 5) is 7.97. The Balaban J connectivity index is 2.13. The van der Waals surface area contributed by atoms with Crippen LogP contribution < -0.4 is 15.8 Å². The minimum absolute atomic E-state index is 0.270. The van der Waals surface area contributed by atoms with Crippen LogP contribution in [0.5, 0.6) is 5.88 Å². The second-order valence-corrected chi connectivity index (χ2v) is 3.35. The van der Waals surface area contributed by atoms with Crippen molar-refractivity contribution in [1.82, 2.24) is 9.97 Å². The molecule has 1 atom stereocenters. The van der Waals surface area contributed by atoms with Crippen LogP contribution in [0.25, 0.3) is 0 Å². The number of ether oxygens (including phenoxy) is 2. The molecule has 15 heavy (non-hydrogen) atoms. The van der Waals surface area contributed by atoms with Crippen molar-refractivity contribution in [2.75, 3.05) is 31.4 Å². The van der Waals surface area contributed by atoms with Gasteiger partial charge in [0.1, 0.15) is 12.0 Å². The molecule has 6 heteroatoms. The van der Waals surface area contributed by atoms with Crippen LogP contribution >= 0.6 is 0 Å². The number of nitrogen functional groups attached to an aromatic ring is 1. The van der Waals surface area contributed by atoms with Crippen molar-refractivity contribution in [3.05, 3.63) is 6.33 Å². The summed E-state index contributed by atoms with van der Waals surface area (Å²) in [6.07, 6.45) is 2.39. The van der Waals surface area contributed by atoms with Crippen molar-refractivity contribution in [3.63, 3.8) is 0 Å². The van der Waals surface area contributed by atoms with Gasteiger partial charge < -0.3 is 20.5 Å². The fraction of sp³-hybridized carbons (Fsp3) is 0.556. The van der Waals surface area contributed by atoms with Crippen molar-refractivity contribution >= 4 is 11.5 Å². The number of nitrogens with zero attached hydrogens (tertiary/aromatic N) is 2. The minimum atomic E-state index is 0.270. The van der Waals surface area contributed by atoms with E-state index in [-0.39, 0.29) is 6.04 Å². The van der Waals surface area contributed by atoms with Gasteiger partial charge in [-0.15, -0.1) is 0 Å². The zero-order valence-electron chi connectivity index (χ0n) is 8.56. The molecule has 0 aliphatic carbocycles. The Morgan fingerprint density at radius 2 is 2.47 bits per heavy atom. The fourth-order valence-electron chi connectivity index (χ4n) is 1.50. The molecule has 1 aromatic heterocycles. The molecule has 82 valence electrons. The quantitative estimate of drug-likeness (QED) is 0.745. The third kappa shape index (κ3) is 2.10. The molecule has 1 aliphatic rings. The van der Waals surface area contributed by atoms with Gasteiger partial charge in [0, 0.05) is 6.61 Å². The van der Waals surface area contributed by atoms with E-state index in [1.165, 1.54) is 13.4 Å². The van der Waals surface area contributed by atoms with E-state index in [2.05, 4.69) is 15.3 Å². The average Bonchev–Trinajstić information content (AvgIpc) is 2.74. The Morgan fingerprint density at radius 3 is 3.13 bits per heavy atom. The van der Waals surface area contributed by atoms with Gasteiger partial charge in [0.2, 0.25) is 5.88 Å². The second kappa shape index (κ2) is 4.31. The van der Waals surface area contributed by atoms with Crippen LogP contribution in [0.1, 0.15) is 6.42 Å². The topological polar surface area (TPSA) is 82.3 Å². The van der Waals surface area contributed by atoms with Gasteiger partial charge in [-0.05, 0) is 6.42 Å². The lowest BCUT2D eigenvalue weighted by molar-refractivity contribution is 0.195. The third-order valence-corrected chi connectivity index (χ3v) is 2.31. The van der Waals surface area contributed by atoms with Gasteiger partial charge in [0.05, 0.1) is 19.8 Å². The molecule has 0 radical (unpaired) electrons. The van der Waals surface area contributed by atoms with Crippen LogP contribution in [0, 0.1) is 0 Å². The molecule has 1 fully saturated rings. The molecule has 1 aromatic rings. The molecular weight excluding hydrogens is 196 g/mol. The van der Waals surface area contributed by atoms with Gasteiger partial charge in [0.25, 0.3) is 0 Å². The standard InChI is InChI=1S/C9H14N4O2/c1-14-9-7(10)8(11-5-12-9)13-6-2-3-15-4-6/h5-6H,2-4,10H2,1H3,(H,11,12,13). The van der Waals surface area contributed by atoms with E-state index in [1.807, 2.05) is 0 Å². The number of nitrogens with two attached hydrogens (primary N) is 1. The SMILES string of the molecule is COc1ncnc(NC2CCOC2)c1N. The Hall–Kier alpha value is -1.56. The van der Waals surface area contributed by atoms with Gasteiger partial charge in [-0.2, -0.15) is 4.98 Å². The van der Waals surface area contributed by atoms with Crippen molar-refractivity contribution in [3.8, 4) is 5.88 Å². The first kappa shape index (κ1) is 9.97. The predicted octanol–water partition coefficient (Wildman–Crippen LogP) is 0.268. The Labute approximate surface area is 87.8 Å². The van der Waals surface area contributed by atoms with E-state index in [0.717, 1.165) is 13.0 Å². The van der Waals surface area contributed by atoms with E-state index in [0.29, 0.717) is 24.0 Å². The maximum Gasteiger partial charge on any atom is 0.242 e. The van der Waals surface area contributed by atoms with Gasteiger partial charge in [-0.1, -0.05) is 0 Å². The van der Waals surface area contributed by atoms with Crippen LogP contribution in [0.2, 0.25) is 0 Å². The first-order valence-electron chi connectivity index (χ1n) is 4.80. The molecule has 0 spiro atoms. The van der Waals surface area contributed by atoms with E-state index in [9.17, 15) is 0 Å². The van der Waals surface area contributed by atoms with E-state index in [4.69, 9.17) is 15.2 Å². The molecule has 3 N–H and O–H groups in total. The van der Waals surface area contributed by atoms with Crippen molar-refractivity contribution in [2.45, 2.75) is 12.5 Å². The number of anilines is 2. The summed E-state index contributed by atoms with van der Waals surface area (Å²) in [5.74, 6) is 1.00. The number of hydrogen-bond acceptors (Lipinski definition) is 6. The van der Waals surface area contributed by atoms with Gasteiger partial charge in [-0.25, -0.2) is 4.98 Å². The number of nitrogens with one attached hydrogen (secondary N) is 1. The van der Waals surface area contributed by atoms with Crippen molar-refractivity contribution in [1.29, 1.82) is 0 Å². The molecule has 0 bridgehead atoms. The van der Waals surface area contributed by atoms with E-state index >= 15 is 0 Å². The minimum Gasteiger partial charge on any atom is -0.479 e. The molecule has 1 saturated heterocycles. The number of aromatic nitrogens is 2. The third-order valence-electron chi connectivity index (χ3n) is 2.31. The summed E-state index contributed by atoms with van der Waals surface area (Å²) in [6, 6.07) is 0.270. The van der Waals surface area contributed by atoms with Crippen LogP contribution in [0.15, 0.2) is 6.33 Å². The summed E-state index contributed by atoms with van der Waals surface area (Å²) in [7, 11) is 1.53. The Kier molecular flexibility index (Phi) is 2.86. The summed E-state index contributed by atoms with van der Waals surface area (Å²) in [5.41, 5.74) is 6.26. The predicted molar refractivity (Wildman–Crippen MR) is 55.8 cm³/mol. The van der Waals surface area contributed by atoms with Gasteiger partial charge in [0.15, 0.2) is 5.82 Å². The molecule has 0 amide bonds. The molecular formula is C9H14N4O2. The highest BCUT2D eigenvalue weighted by atomic mass is 16.5. The molecule has 2 rings (SSSR count). The van der Waals surface area contributed by atoms with Crippen molar-refractivity contribution in [2.24, 2.45) is 0 Å². The Bertz CT molecular complexity index is 339. The summed E-state index contributed by atoms with van der Waals surface area (Å²) in [6.45, 7) is 1.46. The zero-order chi connectivity index (χ0) is 10.7. The molecule has 1 unspecified atom stereocenters. The summed E-state index contributed by atoms with van der Waals surface area (Å²) in [5, 5.41) is 3.20. The highest BCUT2D eigenvalue weighted by molar-refractivity contribution is 5.66. The highest BCUT2D eigenvalue weighted by Crippen LogP contribution is 2.25. The van der Waals surface area contributed by atoms with Gasteiger partial charge in [-0.3, -0.25) is 0 Å². The Morgan fingerprint density at radius 1 is 1.60 bits per heavy atom. The normalized spacial score (nSPS) is 20.2. The van der Waals surface area contributed by atoms with Crippen LogP contribution in [0.3, 0.4) is 0 Å². The summed E-state index contributed by atoms with van der Waals surface area (Å²) >= 11 is 0. The van der Waals surface area contributed by atoms with Crippen LogP contribution in [-0.4, -0.2) is 36.3 Å². The molecule has 1 aliphatic heterocycles. The highest BCUT2D eigenvalue weighted by Gasteiger charge is 2.18. The lowest BCUT2D eigenvalue weighted by Crippen LogP contribution is -2.20. The first-order valence-corrected chi connectivity index (χ1v) is 4.80. The van der Waals surface area contributed by atoms with Crippen LogP contribution in [-0.2, 0) is 4.74 Å². The molecule has 2 heterocycles.